The maximum atomic E-state index is 14.2. The topological polar surface area (TPSA) is 18.5 Å². The Morgan fingerprint density at radius 1 is 0.871 bits per heavy atom. The Balaban J connectivity index is 0.00000272. The van der Waals surface area contributed by atoms with Gasteiger partial charge in [-0.05, 0) is 47.9 Å². The van der Waals surface area contributed by atoms with E-state index in [1.54, 1.807) is 26.4 Å². The van der Waals surface area contributed by atoms with E-state index in [0.717, 1.165) is 22.9 Å². The molecule has 2 aromatic carbocycles. The van der Waals surface area contributed by atoms with Gasteiger partial charge < -0.3 is 30.9 Å². The van der Waals surface area contributed by atoms with Crippen LogP contribution in [0, 0.1) is 17.6 Å². The van der Waals surface area contributed by atoms with E-state index in [-0.39, 0.29) is 28.6 Å². The van der Waals surface area contributed by atoms with E-state index < -0.39 is 0 Å². The molecule has 6 heteroatoms. The van der Waals surface area contributed by atoms with Gasteiger partial charge >= 0.3 is 0 Å². The lowest BCUT2D eigenvalue weighted by atomic mass is 9.84. The molecule has 168 valence electrons. The van der Waals surface area contributed by atoms with Gasteiger partial charge in [0.25, 0.3) is 0 Å². The first-order valence-electron chi connectivity index (χ1n) is 10.6. The second-order valence-electron chi connectivity index (χ2n) is 9.02. The number of allylic oxidation sites excluding steroid dienone is 1. The Morgan fingerprint density at radius 2 is 1.32 bits per heavy atom. The van der Waals surface area contributed by atoms with Crippen LogP contribution in [0.1, 0.15) is 36.8 Å². The van der Waals surface area contributed by atoms with Crippen LogP contribution in [0.15, 0.2) is 42.5 Å². The lowest BCUT2D eigenvalue weighted by molar-refractivity contribution is -0.931. The number of ether oxygens (including phenoxy) is 2. The first kappa shape index (κ1) is 23.7. The van der Waals surface area contributed by atoms with Crippen molar-refractivity contribution < 1.29 is 39.7 Å². The highest BCUT2D eigenvalue weighted by atomic mass is 79.9. The first-order valence-corrected chi connectivity index (χ1v) is 10.6. The second kappa shape index (κ2) is 9.29. The van der Waals surface area contributed by atoms with Crippen LogP contribution in [0.4, 0.5) is 8.78 Å². The van der Waals surface area contributed by atoms with Gasteiger partial charge in [0.05, 0.1) is 40.4 Å². The highest BCUT2D eigenvalue weighted by molar-refractivity contribution is 5.85. The number of quaternary nitrogens is 1. The zero-order valence-corrected chi connectivity index (χ0v) is 20.1. The van der Waals surface area contributed by atoms with E-state index in [0.29, 0.717) is 40.6 Å². The molecule has 2 saturated heterocycles. The van der Waals surface area contributed by atoms with Crippen LogP contribution in [-0.2, 0) is 0 Å². The predicted molar refractivity (Wildman–Crippen MR) is 115 cm³/mol. The van der Waals surface area contributed by atoms with Crippen LogP contribution in [-0.4, -0.2) is 44.9 Å². The van der Waals surface area contributed by atoms with Gasteiger partial charge in [0.15, 0.2) is 0 Å². The van der Waals surface area contributed by atoms with Crippen LogP contribution in [0.2, 0.25) is 0 Å². The van der Waals surface area contributed by atoms with Gasteiger partial charge in [0.1, 0.15) is 23.1 Å². The number of hydrogen-bond donors (Lipinski definition) is 0. The quantitative estimate of drug-likeness (QED) is 0.595. The molecule has 0 amide bonds. The number of hydrogen-bond acceptors (Lipinski definition) is 2. The monoisotopic (exact) mass is 493 g/mol. The normalized spacial score (nSPS) is 23.6. The van der Waals surface area contributed by atoms with E-state index in [1.165, 1.54) is 37.1 Å². The lowest BCUT2D eigenvalue weighted by Crippen LogP contribution is -3.00. The van der Waals surface area contributed by atoms with E-state index >= 15 is 0 Å². The van der Waals surface area contributed by atoms with Crippen molar-refractivity contribution in [3.63, 3.8) is 0 Å². The number of piperidine rings is 1. The number of methoxy groups -OCH3 is 2. The van der Waals surface area contributed by atoms with Crippen LogP contribution in [0.5, 0.6) is 11.5 Å². The molecule has 3 nitrogen and oxygen atoms in total. The van der Waals surface area contributed by atoms with Gasteiger partial charge in [-0.25, -0.2) is 8.78 Å². The number of halogens is 3. The van der Waals surface area contributed by atoms with Crippen molar-refractivity contribution in [2.24, 2.45) is 5.92 Å². The largest absolute Gasteiger partial charge is 1.00 e. The fourth-order valence-electron chi connectivity index (χ4n) is 5.40. The van der Waals surface area contributed by atoms with Gasteiger partial charge in [-0.1, -0.05) is 6.08 Å². The molecular weight excluding hydrogens is 464 g/mol. The van der Waals surface area contributed by atoms with Gasteiger partial charge in [-0.3, -0.25) is 0 Å². The molecule has 2 bridgehead atoms. The number of nitrogens with zero attached hydrogens (tertiary/aromatic N) is 1. The zero-order valence-electron chi connectivity index (χ0n) is 18.5. The molecule has 2 unspecified atom stereocenters. The van der Waals surface area contributed by atoms with Gasteiger partial charge in [0, 0.05) is 36.8 Å². The summed E-state index contributed by atoms with van der Waals surface area (Å²) in [7, 11) is 7.79. The summed E-state index contributed by atoms with van der Waals surface area (Å²) in [5.41, 5.74) is 2.00. The molecule has 31 heavy (non-hydrogen) atoms. The fourth-order valence-corrected chi connectivity index (χ4v) is 5.40. The Bertz CT molecular complexity index is 904. The molecule has 0 aromatic heterocycles. The molecule has 0 saturated carbocycles. The van der Waals surface area contributed by atoms with Crippen LogP contribution >= 0.6 is 0 Å². The van der Waals surface area contributed by atoms with E-state index in [4.69, 9.17) is 9.47 Å². The highest BCUT2D eigenvalue weighted by Gasteiger charge is 2.48. The predicted octanol–water partition coefficient (Wildman–Crippen LogP) is 2.44. The molecule has 0 N–H and O–H groups in total. The standard InChI is InChI=1S/C25H30F2NO2.BrH/c1-28(2)19-7-8-20(28)12-16(11-19)13-21(22-14-17(26)5-9-24(22)29-3)23-15-18(27)6-10-25(23)30-4;/h5-6,9-10,13-16,19-20H,7-8,11-12H2,1-4H3;1H/q+1;/p-1. The van der Waals surface area contributed by atoms with Crippen LogP contribution < -0.4 is 26.5 Å². The van der Waals surface area contributed by atoms with Crippen molar-refractivity contribution in [2.45, 2.75) is 37.8 Å². The number of benzene rings is 2. The Hall–Kier alpha value is -1.92. The van der Waals surface area contributed by atoms with Crippen molar-refractivity contribution in [1.82, 2.24) is 0 Å². The third-order valence-electron chi connectivity index (χ3n) is 7.17. The maximum absolute atomic E-state index is 14.2. The molecule has 2 aromatic rings. The third kappa shape index (κ3) is 4.51. The summed E-state index contributed by atoms with van der Waals surface area (Å²) in [6, 6.07) is 10.2. The summed E-state index contributed by atoms with van der Waals surface area (Å²) < 4.78 is 40.6. The second-order valence-corrected chi connectivity index (χ2v) is 9.02. The summed E-state index contributed by atoms with van der Waals surface area (Å²) in [6.07, 6.45) is 6.82. The van der Waals surface area contributed by atoms with Crippen molar-refractivity contribution in [2.75, 3.05) is 28.3 Å². The minimum Gasteiger partial charge on any atom is -1.00 e. The lowest BCUT2D eigenvalue weighted by Gasteiger charge is -2.44. The Morgan fingerprint density at radius 3 is 1.74 bits per heavy atom. The average Bonchev–Trinajstić information content (AvgIpc) is 2.88. The number of rotatable bonds is 5. The summed E-state index contributed by atoms with van der Waals surface area (Å²) in [5, 5.41) is 0. The number of fused-ring (bicyclic) bond motifs is 2. The third-order valence-corrected chi connectivity index (χ3v) is 7.17. The van der Waals surface area contributed by atoms with Crippen molar-refractivity contribution >= 4 is 5.57 Å². The van der Waals surface area contributed by atoms with Gasteiger partial charge in [-0.15, -0.1) is 0 Å². The molecule has 0 aliphatic carbocycles. The molecular formula is C25H30BrF2NO2. The fraction of sp³-hybridized carbons (Fsp3) is 0.440. The SMILES string of the molecule is COc1ccc(F)cc1C(=CC1CC2CCC(C1)[N+]2(C)C)c1cc(F)ccc1OC.[Br-]. The van der Waals surface area contributed by atoms with Gasteiger partial charge in [-0.2, -0.15) is 0 Å². The highest BCUT2D eigenvalue weighted by Crippen LogP contribution is 2.45. The molecule has 2 heterocycles. The van der Waals surface area contributed by atoms with E-state index in [1.807, 2.05) is 0 Å². The minimum atomic E-state index is -0.353. The molecule has 2 atom stereocenters. The first-order chi connectivity index (χ1) is 14.3. The van der Waals surface area contributed by atoms with Crippen molar-refractivity contribution in [1.29, 1.82) is 0 Å². The molecule has 4 rings (SSSR count). The molecule has 2 fully saturated rings. The van der Waals surface area contributed by atoms with Gasteiger partial charge in [0.2, 0.25) is 0 Å². The Labute approximate surface area is 194 Å². The molecule has 2 aliphatic heterocycles. The Kier molecular flexibility index (Phi) is 7.11. The summed E-state index contributed by atoms with van der Waals surface area (Å²) in [6.45, 7) is 0. The van der Waals surface area contributed by atoms with Crippen molar-refractivity contribution in [3.05, 3.63) is 65.2 Å². The van der Waals surface area contributed by atoms with Crippen molar-refractivity contribution in [3.8, 4) is 11.5 Å². The maximum Gasteiger partial charge on any atom is 0.126 e. The molecule has 0 radical (unpaired) electrons. The zero-order chi connectivity index (χ0) is 21.5. The van der Waals surface area contributed by atoms with E-state index in [2.05, 4.69) is 20.2 Å². The smallest absolute Gasteiger partial charge is 0.126 e. The van der Waals surface area contributed by atoms with E-state index in [9.17, 15) is 8.78 Å². The van der Waals surface area contributed by atoms with Crippen LogP contribution in [0.25, 0.3) is 5.57 Å². The molecule has 2 aliphatic rings. The molecule has 0 spiro atoms. The summed E-state index contributed by atoms with van der Waals surface area (Å²) in [5.74, 6) is 0.750. The summed E-state index contributed by atoms with van der Waals surface area (Å²) in [4.78, 5) is 0. The average molecular weight is 494 g/mol. The summed E-state index contributed by atoms with van der Waals surface area (Å²) >= 11 is 0. The van der Waals surface area contributed by atoms with Crippen LogP contribution in [0.3, 0.4) is 0 Å². The minimum absolute atomic E-state index is 0.